The molecule has 0 bridgehead atoms. The summed E-state index contributed by atoms with van der Waals surface area (Å²) < 4.78 is 0. The van der Waals surface area contributed by atoms with E-state index in [0.29, 0.717) is 0 Å². The van der Waals surface area contributed by atoms with Gasteiger partial charge in [-0.2, -0.15) is 0 Å². The molecule has 0 N–H and O–H groups in total. The average molecular weight is 287 g/mol. The van der Waals surface area contributed by atoms with Crippen LogP contribution in [-0.4, -0.2) is 8.07 Å². The number of benzene rings is 1. The van der Waals surface area contributed by atoms with Gasteiger partial charge in [0.05, 0.1) is 0 Å². The van der Waals surface area contributed by atoms with Crippen LogP contribution < -0.4 is 0 Å². The molecular weight excluding hydrogens is 256 g/mol. The van der Waals surface area contributed by atoms with Gasteiger partial charge in [0, 0.05) is 8.07 Å². The molecule has 0 aliphatic heterocycles. The summed E-state index contributed by atoms with van der Waals surface area (Å²) in [5.41, 5.74) is 2.89. The van der Waals surface area contributed by atoms with E-state index in [0.717, 1.165) is 6.42 Å². The molecular formula is C19H30Si. The van der Waals surface area contributed by atoms with E-state index < -0.39 is 8.07 Å². The maximum Gasteiger partial charge on any atom is 0.0480 e. The van der Waals surface area contributed by atoms with E-state index in [2.05, 4.69) is 75.1 Å². The van der Waals surface area contributed by atoms with E-state index in [1.54, 1.807) is 5.57 Å². The fraction of sp³-hybridized carbons (Fsp3) is 0.474. The van der Waals surface area contributed by atoms with Gasteiger partial charge in [0.15, 0.2) is 0 Å². The van der Waals surface area contributed by atoms with Crippen LogP contribution in [0, 0.1) is 0 Å². The van der Waals surface area contributed by atoms with Crippen molar-refractivity contribution in [2.75, 3.05) is 0 Å². The molecule has 0 amide bonds. The van der Waals surface area contributed by atoms with E-state index in [9.17, 15) is 0 Å². The van der Waals surface area contributed by atoms with Crippen molar-refractivity contribution < 1.29 is 0 Å². The molecule has 0 heterocycles. The molecule has 0 unspecified atom stereocenters. The van der Waals surface area contributed by atoms with Crippen LogP contribution >= 0.6 is 0 Å². The van der Waals surface area contributed by atoms with Crippen molar-refractivity contribution in [1.29, 1.82) is 0 Å². The lowest BCUT2D eigenvalue weighted by molar-refractivity contribution is 0.779. The Bertz CT molecular complexity index is 421. The summed E-state index contributed by atoms with van der Waals surface area (Å²) in [5, 5.41) is 0. The first kappa shape index (κ1) is 17.0. The van der Waals surface area contributed by atoms with Crippen molar-refractivity contribution in [3.63, 3.8) is 0 Å². The molecule has 110 valence electrons. The lowest BCUT2D eigenvalue weighted by Crippen LogP contribution is -2.17. The number of hydrogen-bond donors (Lipinski definition) is 0. The third kappa shape index (κ3) is 8.16. The first-order valence-electron chi connectivity index (χ1n) is 7.91. The zero-order chi connectivity index (χ0) is 14.8. The molecule has 1 aromatic rings. The van der Waals surface area contributed by atoms with Gasteiger partial charge in [-0.15, -0.1) is 0 Å². The number of allylic oxidation sites excluding steroid dienone is 3. The van der Waals surface area contributed by atoms with Gasteiger partial charge in [0.1, 0.15) is 0 Å². The fourth-order valence-corrected chi connectivity index (χ4v) is 2.97. The monoisotopic (exact) mass is 286 g/mol. The molecule has 0 radical (unpaired) electrons. The van der Waals surface area contributed by atoms with E-state index in [1.807, 2.05) is 0 Å². The van der Waals surface area contributed by atoms with Crippen molar-refractivity contribution in [3.05, 3.63) is 53.6 Å². The second kappa shape index (κ2) is 8.96. The van der Waals surface area contributed by atoms with Crippen LogP contribution in [-0.2, 0) is 0 Å². The van der Waals surface area contributed by atoms with Gasteiger partial charge in [-0.1, -0.05) is 87.1 Å². The van der Waals surface area contributed by atoms with Gasteiger partial charge in [-0.3, -0.25) is 0 Å². The van der Waals surface area contributed by atoms with Gasteiger partial charge < -0.3 is 0 Å². The highest BCUT2D eigenvalue weighted by molar-refractivity contribution is 6.76. The van der Waals surface area contributed by atoms with E-state index in [1.165, 1.54) is 30.9 Å². The molecule has 1 heteroatoms. The second-order valence-electron chi connectivity index (χ2n) is 6.76. The molecule has 0 atom stereocenters. The zero-order valence-corrected chi connectivity index (χ0v) is 14.7. The van der Waals surface area contributed by atoms with E-state index >= 15 is 0 Å². The molecule has 1 rings (SSSR count). The number of unbranched alkanes of at least 4 members (excludes halogenated alkanes) is 1. The van der Waals surface area contributed by atoms with Gasteiger partial charge >= 0.3 is 0 Å². The van der Waals surface area contributed by atoms with Crippen LogP contribution in [0.4, 0.5) is 0 Å². The predicted molar refractivity (Wildman–Crippen MR) is 95.9 cm³/mol. The highest BCUT2D eigenvalue weighted by Gasteiger charge is 2.09. The van der Waals surface area contributed by atoms with Gasteiger partial charge in [0.25, 0.3) is 0 Å². The number of hydrogen-bond acceptors (Lipinski definition) is 0. The Kier molecular flexibility index (Phi) is 7.61. The van der Waals surface area contributed by atoms with Crippen molar-refractivity contribution in [2.45, 2.75) is 58.3 Å². The van der Waals surface area contributed by atoms with Crippen LogP contribution in [0.15, 0.2) is 48.1 Å². The van der Waals surface area contributed by atoms with Crippen molar-refractivity contribution in [3.8, 4) is 0 Å². The average Bonchev–Trinajstić information content (AvgIpc) is 2.40. The van der Waals surface area contributed by atoms with Crippen molar-refractivity contribution >= 4 is 14.1 Å². The SMILES string of the molecule is CCCC/C(=C\c1ccccc1)C/C=C/C[Si](C)(C)C. The Balaban J connectivity index is 2.63. The highest BCUT2D eigenvalue weighted by atomic mass is 28.3. The molecule has 0 aromatic heterocycles. The summed E-state index contributed by atoms with van der Waals surface area (Å²) in [6, 6.07) is 12.0. The number of rotatable bonds is 8. The summed E-state index contributed by atoms with van der Waals surface area (Å²) in [7, 11) is -0.935. The quantitative estimate of drug-likeness (QED) is 0.376. The van der Waals surface area contributed by atoms with E-state index in [4.69, 9.17) is 0 Å². The lowest BCUT2D eigenvalue weighted by atomic mass is 10.0. The summed E-state index contributed by atoms with van der Waals surface area (Å²) in [6.07, 6.45) is 12.0. The smallest absolute Gasteiger partial charge is 0.0480 e. The van der Waals surface area contributed by atoms with Crippen LogP contribution in [0.25, 0.3) is 6.08 Å². The minimum absolute atomic E-state index is 0.935. The minimum atomic E-state index is -0.935. The Labute approximate surface area is 126 Å². The summed E-state index contributed by atoms with van der Waals surface area (Å²) >= 11 is 0. The van der Waals surface area contributed by atoms with Crippen LogP contribution in [0.3, 0.4) is 0 Å². The molecule has 0 nitrogen and oxygen atoms in total. The Morgan fingerprint density at radius 3 is 2.35 bits per heavy atom. The molecule has 0 spiro atoms. The molecule has 0 aliphatic carbocycles. The Morgan fingerprint density at radius 1 is 1.05 bits per heavy atom. The highest BCUT2D eigenvalue weighted by Crippen LogP contribution is 2.18. The second-order valence-corrected chi connectivity index (χ2v) is 12.3. The van der Waals surface area contributed by atoms with Crippen molar-refractivity contribution in [2.24, 2.45) is 0 Å². The molecule has 1 aromatic carbocycles. The minimum Gasteiger partial charge on any atom is -0.0909 e. The standard InChI is InChI=1S/C19H30Si/c1-5-6-12-18(15-10-11-16-20(2,3)4)17-19-13-8-7-9-14-19/h7-11,13-14,17H,5-6,12,15-16H2,1-4H3/b11-10+,18-17+. The molecule has 0 fully saturated rings. The van der Waals surface area contributed by atoms with Crippen molar-refractivity contribution in [1.82, 2.24) is 0 Å². The third-order valence-electron chi connectivity index (χ3n) is 3.30. The Morgan fingerprint density at radius 2 is 1.75 bits per heavy atom. The summed E-state index contributed by atoms with van der Waals surface area (Å²) in [5.74, 6) is 0. The van der Waals surface area contributed by atoms with E-state index in [-0.39, 0.29) is 0 Å². The van der Waals surface area contributed by atoms with Gasteiger partial charge in [-0.05, 0) is 30.9 Å². The first-order valence-corrected chi connectivity index (χ1v) is 11.6. The summed E-state index contributed by atoms with van der Waals surface area (Å²) in [4.78, 5) is 0. The topological polar surface area (TPSA) is 0 Å². The largest absolute Gasteiger partial charge is 0.0909 e. The molecule has 0 aliphatic rings. The van der Waals surface area contributed by atoms with Crippen LogP contribution in [0.1, 0.15) is 38.2 Å². The molecule has 0 saturated carbocycles. The zero-order valence-electron chi connectivity index (χ0n) is 13.7. The molecule has 20 heavy (non-hydrogen) atoms. The third-order valence-corrected chi connectivity index (χ3v) is 4.76. The van der Waals surface area contributed by atoms with Crippen LogP contribution in [0.2, 0.25) is 25.7 Å². The molecule has 0 saturated heterocycles. The van der Waals surface area contributed by atoms with Gasteiger partial charge in [-0.25, -0.2) is 0 Å². The lowest BCUT2D eigenvalue weighted by Gasteiger charge is -2.11. The maximum atomic E-state index is 2.43. The van der Waals surface area contributed by atoms with Crippen LogP contribution in [0.5, 0.6) is 0 Å². The first-order chi connectivity index (χ1) is 9.51. The fourth-order valence-electron chi connectivity index (χ4n) is 2.09. The summed E-state index contributed by atoms with van der Waals surface area (Å²) in [6.45, 7) is 9.54. The van der Waals surface area contributed by atoms with Gasteiger partial charge in [0.2, 0.25) is 0 Å². The predicted octanol–water partition coefficient (Wildman–Crippen LogP) is 6.54. The Hall–Kier alpha value is -1.08. The maximum absolute atomic E-state index is 2.43. The normalized spacial score (nSPS) is 13.1.